The second kappa shape index (κ2) is 5.33. The van der Waals surface area contributed by atoms with Crippen molar-refractivity contribution in [1.29, 1.82) is 0 Å². The van der Waals surface area contributed by atoms with Gasteiger partial charge in [-0.1, -0.05) is 30.3 Å². The minimum Gasteiger partial charge on any atom is -0.768 e. The molecule has 0 saturated carbocycles. The molecule has 2 aromatic rings. The van der Waals surface area contributed by atoms with Crippen LogP contribution in [0.2, 0.25) is 0 Å². The molecule has 0 fully saturated rings. The van der Waals surface area contributed by atoms with Crippen LogP contribution in [0, 0.1) is 0 Å². The van der Waals surface area contributed by atoms with Crippen molar-refractivity contribution >= 4 is 21.2 Å². The highest BCUT2D eigenvalue weighted by molar-refractivity contribution is 7.85. The number of phenolic OH excluding ortho intramolecular Hbond substituents is 1. The number of rotatable bonds is 3. The average molecular weight is 312 g/mol. The summed E-state index contributed by atoms with van der Waals surface area (Å²) >= 11 is -2.57. The summed E-state index contributed by atoms with van der Waals surface area (Å²) in [5, 5.41) is 9.90. The summed E-state index contributed by atoms with van der Waals surface area (Å²) in [7, 11) is -4.85. The van der Waals surface area contributed by atoms with Crippen LogP contribution in [0.3, 0.4) is 0 Å². The van der Waals surface area contributed by atoms with Crippen molar-refractivity contribution in [2.75, 3.05) is 0 Å². The number of para-hydroxylation sites is 1. The van der Waals surface area contributed by atoms with Crippen LogP contribution in [0.25, 0.3) is 11.1 Å². The molecule has 1 N–H and O–H groups in total. The van der Waals surface area contributed by atoms with Crippen molar-refractivity contribution in [2.45, 2.75) is 9.79 Å². The van der Waals surface area contributed by atoms with E-state index < -0.39 is 31.8 Å². The normalized spacial score (nSPS) is 13.1. The lowest BCUT2D eigenvalue weighted by Crippen LogP contribution is -2.00. The molecule has 0 spiro atoms. The smallest absolute Gasteiger partial charge is 0.140 e. The third-order valence-corrected chi connectivity index (χ3v) is 4.21. The molecule has 20 heavy (non-hydrogen) atoms. The van der Waals surface area contributed by atoms with Crippen LogP contribution >= 0.6 is 0 Å². The lowest BCUT2D eigenvalue weighted by Gasteiger charge is -2.16. The maximum atomic E-state index is 11.1. The number of hydrogen-bond donors (Lipinski definition) is 1. The Morgan fingerprint density at radius 3 is 2.20 bits per heavy atom. The molecule has 1 atom stereocenters. The van der Waals surface area contributed by atoms with Gasteiger partial charge in [-0.25, -0.2) is 8.42 Å². The molecule has 1 unspecified atom stereocenters. The Bertz CT molecular complexity index is 782. The molecular formula is C12H8O6S2-2. The lowest BCUT2D eigenvalue weighted by atomic mass is 10.0. The van der Waals surface area contributed by atoms with Crippen LogP contribution in [0.15, 0.2) is 52.3 Å². The fourth-order valence-corrected chi connectivity index (χ4v) is 2.92. The highest BCUT2D eigenvalue weighted by atomic mass is 32.2. The standard InChI is InChI=1S/C12H10O6S2/c13-12-9(5-3-7-11(12)20(16,17)18)8-4-1-2-6-10(8)19(14)15/h1-7,13H,(H,14,15)(H,16,17,18)/p-2. The summed E-state index contributed by atoms with van der Waals surface area (Å²) in [5.41, 5.74) is 0.0746. The van der Waals surface area contributed by atoms with Gasteiger partial charge in [0.05, 0.1) is 4.90 Å². The van der Waals surface area contributed by atoms with Crippen LogP contribution in [-0.2, 0) is 21.2 Å². The molecule has 0 aromatic heterocycles. The van der Waals surface area contributed by atoms with Crippen LogP contribution in [0.4, 0.5) is 0 Å². The van der Waals surface area contributed by atoms with Crippen molar-refractivity contribution in [3.05, 3.63) is 42.5 Å². The van der Waals surface area contributed by atoms with Gasteiger partial charge in [0, 0.05) is 16.0 Å². The van der Waals surface area contributed by atoms with E-state index in [1.807, 2.05) is 0 Å². The van der Waals surface area contributed by atoms with Gasteiger partial charge in [0.1, 0.15) is 15.9 Å². The van der Waals surface area contributed by atoms with Gasteiger partial charge in [-0.05, 0) is 23.2 Å². The minimum absolute atomic E-state index is 0.0401. The maximum Gasteiger partial charge on any atom is 0.140 e. The monoisotopic (exact) mass is 312 g/mol. The highest BCUT2D eigenvalue weighted by Crippen LogP contribution is 2.36. The van der Waals surface area contributed by atoms with Crippen molar-refractivity contribution in [1.82, 2.24) is 0 Å². The molecule has 2 aromatic carbocycles. The predicted molar refractivity (Wildman–Crippen MR) is 68.7 cm³/mol. The fourth-order valence-electron chi connectivity index (χ4n) is 1.78. The number of benzene rings is 2. The molecule has 106 valence electrons. The van der Waals surface area contributed by atoms with Crippen LogP contribution < -0.4 is 0 Å². The van der Waals surface area contributed by atoms with Gasteiger partial charge in [0.15, 0.2) is 0 Å². The van der Waals surface area contributed by atoms with Gasteiger partial charge in [0.25, 0.3) is 0 Å². The Balaban J connectivity index is 2.76. The van der Waals surface area contributed by atoms with Crippen LogP contribution in [-0.4, -0.2) is 26.8 Å². The Morgan fingerprint density at radius 1 is 1.00 bits per heavy atom. The van der Waals surface area contributed by atoms with Gasteiger partial charge in [-0.3, -0.25) is 4.21 Å². The Labute approximate surface area is 117 Å². The molecule has 0 heterocycles. The molecule has 0 aliphatic carbocycles. The summed E-state index contributed by atoms with van der Waals surface area (Å²) in [6.45, 7) is 0. The van der Waals surface area contributed by atoms with E-state index in [9.17, 15) is 26.8 Å². The quantitative estimate of drug-likeness (QED) is 0.672. The zero-order chi connectivity index (χ0) is 14.9. The van der Waals surface area contributed by atoms with E-state index in [2.05, 4.69) is 0 Å². The van der Waals surface area contributed by atoms with E-state index in [1.54, 1.807) is 0 Å². The number of phenols is 1. The molecule has 0 bridgehead atoms. The van der Waals surface area contributed by atoms with Gasteiger partial charge in [0.2, 0.25) is 0 Å². The summed E-state index contributed by atoms with van der Waals surface area (Å²) in [4.78, 5) is -0.898. The molecule has 0 radical (unpaired) electrons. The zero-order valence-corrected chi connectivity index (χ0v) is 11.5. The molecule has 0 aliphatic heterocycles. The van der Waals surface area contributed by atoms with Crippen molar-refractivity contribution in [3.8, 4) is 16.9 Å². The van der Waals surface area contributed by atoms with Gasteiger partial charge < -0.3 is 14.2 Å². The first-order valence-corrected chi connectivity index (χ1v) is 7.77. The first-order valence-electron chi connectivity index (χ1n) is 5.29. The van der Waals surface area contributed by atoms with E-state index in [-0.39, 0.29) is 16.0 Å². The summed E-state index contributed by atoms with van der Waals surface area (Å²) in [5.74, 6) is -0.764. The molecule has 2 rings (SSSR count). The second-order valence-electron chi connectivity index (χ2n) is 3.84. The Morgan fingerprint density at radius 2 is 1.60 bits per heavy atom. The van der Waals surface area contributed by atoms with E-state index in [1.165, 1.54) is 36.4 Å². The summed E-state index contributed by atoms with van der Waals surface area (Å²) in [6, 6.07) is 9.26. The fraction of sp³-hybridized carbons (Fsp3) is 0. The predicted octanol–water partition coefficient (Wildman–Crippen LogP) is 1.20. The first-order chi connectivity index (χ1) is 9.32. The zero-order valence-electron chi connectivity index (χ0n) is 9.85. The molecule has 6 nitrogen and oxygen atoms in total. The lowest BCUT2D eigenvalue weighted by molar-refractivity contribution is 0.436. The van der Waals surface area contributed by atoms with E-state index in [0.29, 0.717) is 0 Å². The summed E-state index contributed by atoms with van der Waals surface area (Å²) < 4.78 is 55.3. The Kier molecular flexibility index (Phi) is 3.91. The van der Waals surface area contributed by atoms with Gasteiger partial charge in [-0.2, -0.15) is 0 Å². The SMILES string of the molecule is O=S([O-])c1ccccc1-c1cccc(S(=O)(=O)[O-])c1O. The highest BCUT2D eigenvalue weighted by Gasteiger charge is 2.15. The Hall–Kier alpha value is -1.74. The number of aromatic hydroxyl groups is 1. The van der Waals surface area contributed by atoms with Gasteiger partial charge in [-0.15, -0.1) is 0 Å². The third-order valence-electron chi connectivity index (χ3n) is 2.63. The second-order valence-corrected chi connectivity index (χ2v) is 6.09. The third kappa shape index (κ3) is 2.73. The molecule has 0 amide bonds. The van der Waals surface area contributed by atoms with E-state index >= 15 is 0 Å². The molecule has 0 saturated heterocycles. The summed E-state index contributed by atoms with van der Waals surface area (Å²) in [6.07, 6.45) is 0. The van der Waals surface area contributed by atoms with Crippen molar-refractivity contribution in [3.63, 3.8) is 0 Å². The first kappa shape index (κ1) is 14.7. The van der Waals surface area contributed by atoms with Gasteiger partial charge >= 0.3 is 0 Å². The van der Waals surface area contributed by atoms with Crippen LogP contribution in [0.1, 0.15) is 0 Å². The number of hydrogen-bond acceptors (Lipinski definition) is 6. The minimum atomic E-state index is -4.85. The maximum absolute atomic E-state index is 11.1. The van der Waals surface area contributed by atoms with E-state index in [4.69, 9.17) is 0 Å². The van der Waals surface area contributed by atoms with Crippen molar-refractivity contribution in [2.24, 2.45) is 0 Å². The average Bonchev–Trinajstić information content (AvgIpc) is 2.37. The molecule has 0 aliphatic rings. The van der Waals surface area contributed by atoms with Crippen molar-refractivity contribution < 1.29 is 26.8 Å². The molecular weight excluding hydrogens is 304 g/mol. The topological polar surface area (TPSA) is 118 Å². The van der Waals surface area contributed by atoms with E-state index in [0.717, 1.165) is 6.07 Å². The molecule has 8 heteroatoms. The van der Waals surface area contributed by atoms with Crippen LogP contribution in [0.5, 0.6) is 5.75 Å². The largest absolute Gasteiger partial charge is 0.768 e.